The van der Waals surface area contributed by atoms with Crippen molar-refractivity contribution in [2.75, 3.05) is 0 Å². The molecule has 0 aromatic carbocycles. The van der Waals surface area contributed by atoms with Crippen molar-refractivity contribution in [2.24, 2.45) is 5.73 Å². The van der Waals surface area contributed by atoms with Crippen LogP contribution < -0.4 is 5.73 Å². The normalized spacial score (nSPS) is 21.2. The van der Waals surface area contributed by atoms with E-state index in [1.54, 1.807) is 0 Å². The molecule has 0 unspecified atom stereocenters. The molecule has 0 rings (SSSR count). The molecule has 15 heavy (non-hydrogen) atoms. The van der Waals surface area contributed by atoms with Crippen LogP contribution in [0.3, 0.4) is 0 Å². The largest absolute Gasteiger partial charge is 0.391 e. The minimum absolute atomic E-state index is 0.836. The van der Waals surface area contributed by atoms with Crippen LogP contribution in [0.25, 0.3) is 0 Å². The minimum Gasteiger partial charge on any atom is -0.391 e. The van der Waals surface area contributed by atoms with Crippen LogP contribution in [0.2, 0.25) is 0 Å². The fourth-order valence-corrected chi connectivity index (χ4v) is 1.04. The highest BCUT2D eigenvalue weighted by Crippen LogP contribution is 2.17. The maximum Gasteiger partial charge on any atom is 0.260 e. The van der Waals surface area contributed by atoms with Crippen molar-refractivity contribution in [3.8, 4) is 0 Å². The van der Waals surface area contributed by atoms with Crippen LogP contribution in [-0.2, 0) is 9.59 Å². The fourth-order valence-electron chi connectivity index (χ4n) is 1.04. The van der Waals surface area contributed by atoms with E-state index in [4.69, 9.17) is 10.8 Å². The second kappa shape index (κ2) is 4.67. The molecule has 6 N–H and O–H groups in total. The molecular formula is C8H15NO6. The average Bonchev–Trinajstić information content (AvgIpc) is 2.13. The molecule has 0 fully saturated rings. The molecular weight excluding hydrogens is 206 g/mol. The zero-order valence-corrected chi connectivity index (χ0v) is 8.41. The molecule has 4 atom stereocenters. The number of hydrogen-bond acceptors (Lipinski definition) is 6. The number of rotatable bonds is 5. The summed E-state index contributed by atoms with van der Waals surface area (Å²) in [6, 6.07) is 0. The Morgan fingerprint density at radius 1 is 1.27 bits per heavy atom. The number of ketones is 1. The summed E-state index contributed by atoms with van der Waals surface area (Å²) in [7, 11) is 0. The molecule has 0 radical (unpaired) electrons. The number of amides is 1. The lowest BCUT2D eigenvalue weighted by Crippen LogP contribution is -2.63. The van der Waals surface area contributed by atoms with Crippen LogP contribution >= 0.6 is 0 Å². The lowest BCUT2D eigenvalue weighted by atomic mass is 9.86. The van der Waals surface area contributed by atoms with Gasteiger partial charge in [0.25, 0.3) is 5.91 Å². The van der Waals surface area contributed by atoms with Crippen LogP contribution in [0.15, 0.2) is 0 Å². The van der Waals surface area contributed by atoms with E-state index in [1.165, 1.54) is 0 Å². The maximum atomic E-state index is 11.0. The van der Waals surface area contributed by atoms with E-state index in [9.17, 15) is 24.9 Å². The molecule has 0 saturated carbocycles. The summed E-state index contributed by atoms with van der Waals surface area (Å²) in [5.41, 5.74) is 1.86. The first-order chi connectivity index (χ1) is 6.65. The lowest BCUT2D eigenvalue weighted by Gasteiger charge is -2.31. The van der Waals surface area contributed by atoms with E-state index < -0.39 is 35.6 Å². The number of carbonyl (C=O) groups is 2. The average molecular weight is 221 g/mol. The monoisotopic (exact) mass is 221 g/mol. The Morgan fingerprint density at radius 3 is 1.87 bits per heavy atom. The van der Waals surface area contributed by atoms with Gasteiger partial charge in [0.2, 0.25) is 5.60 Å². The lowest BCUT2D eigenvalue weighted by molar-refractivity contribution is -0.176. The topological polar surface area (TPSA) is 141 Å². The van der Waals surface area contributed by atoms with Gasteiger partial charge in [-0.2, -0.15) is 0 Å². The summed E-state index contributed by atoms with van der Waals surface area (Å²) in [5, 5.41) is 37.0. The van der Waals surface area contributed by atoms with E-state index in [2.05, 4.69) is 0 Å². The first-order valence-corrected chi connectivity index (χ1v) is 4.23. The predicted octanol–water partition coefficient (Wildman–Crippen LogP) is -3.11. The van der Waals surface area contributed by atoms with E-state index in [0.29, 0.717) is 0 Å². The fraction of sp³-hybridized carbons (Fsp3) is 0.750. The summed E-state index contributed by atoms with van der Waals surface area (Å²) in [6.07, 6.45) is -5.45. The van der Waals surface area contributed by atoms with Gasteiger partial charge in [0, 0.05) is 0 Å². The zero-order valence-electron chi connectivity index (χ0n) is 8.41. The van der Waals surface area contributed by atoms with Crippen molar-refractivity contribution in [3.63, 3.8) is 0 Å². The van der Waals surface area contributed by atoms with Crippen molar-refractivity contribution in [1.82, 2.24) is 0 Å². The highest BCUT2D eigenvalue weighted by atomic mass is 16.4. The second-order valence-electron chi connectivity index (χ2n) is 3.36. The molecule has 7 nitrogen and oxygen atoms in total. The number of aliphatic hydroxyl groups is 4. The van der Waals surface area contributed by atoms with Gasteiger partial charge >= 0.3 is 0 Å². The molecule has 0 spiro atoms. The highest BCUT2D eigenvalue weighted by molar-refractivity contribution is 6.08. The molecule has 0 saturated heterocycles. The number of primary amides is 1. The van der Waals surface area contributed by atoms with E-state index >= 15 is 0 Å². The quantitative estimate of drug-likeness (QED) is 0.311. The van der Waals surface area contributed by atoms with E-state index in [-0.39, 0.29) is 0 Å². The summed E-state index contributed by atoms with van der Waals surface area (Å²) >= 11 is 0. The van der Waals surface area contributed by atoms with Gasteiger partial charge in [0.1, 0.15) is 12.2 Å². The molecule has 7 heteroatoms. The Labute approximate surface area is 86.1 Å². The van der Waals surface area contributed by atoms with Gasteiger partial charge in [0.05, 0.1) is 6.10 Å². The number of hydrogen-bond donors (Lipinski definition) is 5. The molecule has 0 bridgehead atoms. The molecule has 0 aliphatic rings. The number of nitrogens with two attached hydrogens (primary N) is 1. The highest BCUT2D eigenvalue weighted by Gasteiger charge is 2.50. The number of carbonyl (C=O) groups excluding carboxylic acids is 2. The standard InChI is InChI=1S/C8H15NO6/c1-3(10)5(12)6(13)8(15,4(2)11)7(9)14/h3,5-6,10,12-13,15H,1-2H3,(H2,9,14)/t3-,5+,6+,8-/m1/s1. The van der Waals surface area contributed by atoms with Crippen LogP contribution in [0.4, 0.5) is 0 Å². The van der Waals surface area contributed by atoms with Gasteiger partial charge in [-0.15, -0.1) is 0 Å². The van der Waals surface area contributed by atoms with E-state index in [1.807, 2.05) is 0 Å². The van der Waals surface area contributed by atoms with Crippen LogP contribution in [-0.4, -0.2) is 56.0 Å². The minimum atomic E-state index is -2.89. The summed E-state index contributed by atoms with van der Waals surface area (Å²) < 4.78 is 0. The van der Waals surface area contributed by atoms with Crippen molar-refractivity contribution < 1.29 is 30.0 Å². The molecule has 0 aromatic heterocycles. The van der Waals surface area contributed by atoms with Crippen molar-refractivity contribution in [3.05, 3.63) is 0 Å². The Hall–Kier alpha value is -1.02. The van der Waals surface area contributed by atoms with Crippen LogP contribution in [0.5, 0.6) is 0 Å². The molecule has 0 heterocycles. The number of aliphatic hydroxyl groups excluding tert-OH is 3. The maximum absolute atomic E-state index is 11.0. The predicted molar refractivity (Wildman–Crippen MR) is 48.5 cm³/mol. The van der Waals surface area contributed by atoms with Crippen molar-refractivity contribution in [2.45, 2.75) is 37.8 Å². The molecule has 0 aliphatic heterocycles. The third kappa shape index (κ3) is 2.51. The first kappa shape index (κ1) is 14.0. The Morgan fingerprint density at radius 2 is 1.67 bits per heavy atom. The molecule has 0 aromatic rings. The van der Waals surface area contributed by atoms with Gasteiger partial charge in [0.15, 0.2) is 5.78 Å². The van der Waals surface area contributed by atoms with Crippen molar-refractivity contribution in [1.29, 1.82) is 0 Å². The molecule has 0 aliphatic carbocycles. The van der Waals surface area contributed by atoms with Gasteiger partial charge in [-0.05, 0) is 13.8 Å². The zero-order chi connectivity index (χ0) is 12.4. The van der Waals surface area contributed by atoms with Gasteiger partial charge < -0.3 is 26.2 Å². The summed E-state index contributed by atoms with van der Waals surface area (Å²) in [4.78, 5) is 21.8. The summed E-state index contributed by atoms with van der Waals surface area (Å²) in [6.45, 7) is 1.96. The smallest absolute Gasteiger partial charge is 0.260 e. The van der Waals surface area contributed by atoms with Gasteiger partial charge in [-0.25, -0.2) is 0 Å². The SMILES string of the molecule is CC(=O)[C@](O)(C(N)=O)[C@@H](O)[C@@H](O)[C@@H](C)O. The third-order valence-corrected chi connectivity index (χ3v) is 2.16. The number of Topliss-reactive ketones (excluding diaryl/α,β-unsaturated/α-hetero) is 1. The van der Waals surface area contributed by atoms with E-state index in [0.717, 1.165) is 13.8 Å². The second-order valence-corrected chi connectivity index (χ2v) is 3.36. The molecule has 1 amide bonds. The summed E-state index contributed by atoms with van der Waals surface area (Å²) in [5.74, 6) is -2.59. The molecule has 88 valence electrons. The van der Waals surface area contributed by atoms with Crippen LogP contribution in [0, 0.1) is 0 Å². The Balaban J connectivity index is 5.12. The van der Waals surface area contributed by atoms with Gasteiger partial charge in [-0.3, -0.25) is 9.59 Å². The Kier molecular flexibility index (Phi) is 4.35. The van der Waals surface area contributed by atoms with Gasteiger partial charge in [-0.1, -0.05) is 0 Å². The third-order valence-electron chi connectivity index (χ3n) is 2.16. The Bertz CT molecular complexity index is 250. The van der Waals surface area contributed by atoms with Crippen LogP contribution in [0.1, 0.15) is 13.8 Å². The first-order valence-electron chi connectivity index (χ1n) is 4.23. The van der Waals surface area contributed by atoms with Crippen molar-refractivity contribution >= 4 is 11.7 Å².